The van der Waals surface area contributed by atoms with Crippen LogP contribution in [-0.4, -0.2) is 45.7 Å². The number of nitrogens with one attached hydrogen (secondary N) is 1. The molecule has 144 valence electrons. The van der Waals surface area contributed by atoms with Crippen molar-refractivity contribution < 1.29 is 14.1 Å². The average molecular weight is 388 g/mol. The Labute approximate surface area is 162 Å². The summed E-state index contributed by atoms with van der Waals surface area (Å²) in [6.45, 7) is 5.22. The lowest BCUT2D eigenvalue weighted by Crippen LogP contribution is -2.43. The van der Waals surface area contributed by atoms with Crippen molar-refractivity contribution in [3.05, 3.63) is 41.5 Å². The Kier molecular flexibility index (Phi) is 6.49. The largest absolute Gasteiger partial charge is 0.347 e. The second-order valence-electron chi connectivity index (χ2n) is 6.45. The second kappa shape index (κ2) is 9.03. The third-order valence-electron chi connectivity index (χ3n) is 4.55. The van der Waals surface area contributed by atoms with E-state index >= 15 is 0 Å². The van der Waals surface area contributed by atoms with Crippen LogP contribution in [0, 0.1) is 12.8 Å². The predicted molar refractivity (Wildman–Crippen MR) is 102 cm³/mol. The van der Waals surface area contributed by atoms with Gasteiger partial charge in [-0.15, -0.1) is 11.8 Å². The number of carbonyl (C=O) groups excluding carboxylic acids is 2. The first-order valence-corrected chi connectivity index (χ1v) is 10.1. The molecule has 1 aliphatic rings. The third kappa shape index (κ3) is 4.88. The number of carbonyl (C=O) groups is 2. The molecule has 0 aliphatic carbocycles. The van der Waals surface area contributed by atoms with Gasteiger partial charge in [0.25, 0.3) is 5.91 Å². The Bertz CT molecular complexity index is 800. The first-order valence-electron chi connectivity index (χ1n) is 9.16. The summed E-state index contributed by atoms with van der Waals surface area (Å²) in [6, 6.07) is 7.72. The lowest BCUT2D eigenvalue weighted by Gasteiger charge is -2.31. The number of aryl methyl sites for hydroxylation is 1. The van der Waals surface area contributed by atoms with Crippen LogP contribution in [0.2, 0.25) is 0 Å². The first kappa shape index (κ1) is 19.4. The van der Waals surface area contributed by atoms with Crippen molar-refractivity contribution in [3.63, 3.8) is 0 Å². The smallest absolute Gasteiger partial charge is 0.254 e. The van der Waals surface area contributed by atoms with Crippen molar-refractivity contribution in [2.45, 2.75) is 38.1 Å². The summed E-state index contributed by atoms with van der Waals surface area (Å²) in [7, 11) is 0. The molecule has 0 unspecified atom stereocenters. The summed E-state index contributed by atoms with van der Waals surface area (Å²) in [5, 5.41) is 6.54. The molecule has 1 aromatic carbocycles. The number of hydrogen-bond donors (Lipinski definition) is 1. The molecule has 1 aliphatic heterocycles. The van der Waals surface area contributed by atoms with Crippen molar-refractivity contribution in [1.82, 2.24) is 20.4 Å². The zero-order valence-electron chi connectivity index (χ0n) is 15.6. The number of thioether (sulfide) groups is 1. The maximum Gasteiger partial charge on any atom is 0.254 e. The van der Waals surface area contributed by atoms with E-state index in [-0.39, 0.29) is 24.3 Å². The maximum atomic E-state index is 12.9. The van der Waals surface area contributed by atoms with Crippen molar-refractivity contribution in [3.8, 4) is 0 Å². The van der Waals surface area contributed by atoms with Crippen LogP contribution in [0.25, 0.3) is 0 Å². The van der Waals surface area contributed by atoms with E-state index in [1.54, 1.807) is 18.7 Å². The quantitative estimate of drug-likeness (QED) is 0.766. The van der Waals surface area contributed by atoms with Crippen molar-refractivity contribution in [2.75, 3.05) is 18.8 Å². The lowest BCUT2D eigenvalue weighted by molar-refractivity contribution is -0.126. The standard InChI is InChI=1S/C19H24N4O3S/c1-3-27-16-7-5-4-6-15(16)19(25)23-10-8-14(9-11-23)18(24)20-12-17-21-13(2)22-26-17/h4-7,14H,3,8-12H2,1-2H3,(H,20,24). The SMILES string of the molecule is CCSc1ccccc1C(=O)N1CCC(C(=O)NCc2nc(C)no2)CC1. The van der Waals surface area contributed by atoms with E-state index in [2.05, 4.69) is 22.4 Å². The molecule has 1 aromatic heterocycles. The maximum absolute atomic E-state index is 12.9. The molecule has 8 heteroatoms. The monoisotopic (exact) mass is 388 g/mol. The van der Waals surface area contributed by atoms with Gasteiger partial charge in [0.15, 0.2) is 5.82 Å². The fourth-order valence-corrected chi connectivity index (χ4v) is 3.96. The minimum absolute atomic E-state index is 0.0279. The van der Waals surface area contributed by atoms with Crippen LogP contribution in [-0.2, 0) is 11.3 Å². The van der Waals surface area contributed by atoms with Crippen LogP contribution in [0.4, 0.5) is 0 Å². The van der Waals surface area contributed by atoms with E-state index < -0.39 is 0 Å². The summed E-state index contributed by atoms with van der Waals surface area (Å²) in [6.07, 6.45) is 1.31. The molecule has 2 heterocycles. The van der Waals surface area contributed by atoms with Gasteiger partial charge in [0, 0.05) is 23.9 Å². The van der Waals surface area contributed by atoms with Crippen molar-refractivity contribution in [1.29, 1.82) is 0 Å². The second-order valence-corrected chi connectivity index (χ2v) is 7.75. The Morgan fingerprint density at radius 1 is 1.30 bits per heavy atom. The Morgan fingerprint density at radius 3 is 2.70 bits per heavy atom. The van der Waals surface area contributed by atoms with Gasteiger partial charge in [-0.2, -0.15) is 4.98 Å². The molecular weight excluding hydrogens is 364 g/mol. The number of amides is 2. The van der Waals surface area contributed by atoms with Crippen LogP contribution in [0.1, 0.15) is 41.8 Å². The van der Waals surface area contributed by atoms with Crippen LogP contribution in [0.5, 0.6) is 0 Å². The van der Waals surface area contributed by atoms with E-state index in [9.17, 15) is 9.59 Å². The van der Waals surface area contributed by atoms with Gasteiger partial charge in [0.05, 0.1) is 12.1 Å². The number of hydrogen-bond acceptors (Lipinski definition) is 6. The molecule has 1 fully saturated rings. The van der Waals surface area contributed by atoms with Gasteiger partial charge in [0.2, 0.25) is 11.8 Å². The van der Waals surface area contributed by atoms with E-state index in [1.807, 2.05) is 29.2 Å². The molecule has 0 bridgehead atoms. The highest BCUT2D eigenvalue weighted by atomic mass is 32.2. The Balaban J connectivity index is 1.52. The Hall–Kier alpha value is -2.35. The summed E-state index contributed by atoms with van der Waals surface area (Å²) in [4.78, 5) is 32.2. The van der Waals surface area contributed by atoms with E-state index in [0.29, 0.717) is 37.6 Å². The molecule has 0 spiro atoms. The van der Waals surface area contributed by atoms with Gasteiger partial charge in [-0.25, -0.2) is 0 Å². The molecule has 0 atom stereocenters. The van der Waals surface area contributed by atoms with Gasteiger partial charge in [-0.3, -0.25) is 9.59 Å². The lowest BCUT2D eigenvalue weighted by atomic mass is 9.95. The van der Waals surface area contributed by atoms with E-state index in [0.717, 1.165) is 16.2 Å². The number of rotatable bonds is 6. The number of nitrogens with zero attached hydrogens (tertiary/aromatic N) is 3. The van der Waals surface area contributed by atoms with Gasteiger partial charge >= 0.3 is 0 Å². The molecule has 1 N–H and O–H groups in total. The molecule has 27 heavy (non-hydrogen) atoms. The third-order valence-corrected chi connectivity index (χ3v) is 5.51. The van der Waals surface area contributed by atoms with Gasteiger partial charge < -0.3 is 14.7 Å². The number of aromatic nitrogens is 2. The summed E-state index contributed by atoms with van der Waals surface area (Å²) < 4.78 is 5.00. The molecule has 0 saturated carbocycles. The van der Waals surface area contributed by atoms with Gasteiger partial charge in [-0.05, 0) is 37.7 Å². The summed E-state index contributed by atoms with van der Waals surface area (Å²) in [5.41, 5.74) is 0.749. The molecule has 3 rings (SSSR count). The number of likely N-dealkylation sites (tertiary alicyclic amines) is 1. The van der Waals surface area contributed by atoms with Crippen molar-refractivity contribution in [2.24, 2.45) is 5.92 Å². The highest BCUT2D eigenvalue weighted by Gasteiger charge is 2.28. The molecule has 2 aromatic rings. The minimum atomic E-state index is -0.0988. The average Bonchev–Trinajstić information content (AvgIpc) is 3.11. The van der Waals surface area contributed by atoms with Crippen LogP contribution in [0.15, 0.2) is 33.7 Å². The van der Waals surface area contributed by atoms with Gasteiger partial charge in [-0.1, -0.05) is 24.2 Å². The molecule has 0 radical (unpaired) electrons. The topological polar surface area (TPSA) is 88.3 Å². The molecule has 7 nitrogen and oxygen atoms in total. The molecule has 1 saturated heterocycles. The van der Waals surface area contributed by atoms with E-state index in [4.69, 9.17) is 4.52 Å². The van der Waals surface area contributed by atoms with Crippen LogP contribution < -0.4 is 5.32 Å². The van der Waals surface area contributed by atoms with Gasteiger partial charge in [0.1, 0.15) is 0 Å². The van der Waals surface area contributed by atoms with Crippen LogP contribution >= 0.6 is 11.8 Å². The fourth-order valence-electron chi connectivity index (χ4n) is 3.16. The highest BCUT2D eigenvalue weighted by molar-refractivity contribution is 7.99. The van der Waals surface area contributed by atoms with Crippen LogP contribution in [0.3, 0.4) is 0 Å². The molecule has 2 amide bonds. The normalized spacial score (nSPS) is 15.0. The number of piperidine rings is 1. The fraction of sp³-hybridized carbons (Fsp3) is 0.474. The van der Waals surface area contributed by atoms with E-state index in [1.165, 1.54) is 0 Å². The Morgan fingerprint density at radius 2 is 2.04 bits per heavy atom. The minimum Gasteiger partial charge on any atom is -0.347 e. The first-order chi connectivity index (χ1) is 13.1. The number of benzene rings is 1. The predicted octanol–water partition coefficient (Wildman–Crippen LogP) is 2.66. The molecular formula is C19H24N4O3S. The summed E-state index contributed by atoms with van der Waals surface area (Å²) in [5.74, 6) is 1.79. The summed E-state index contributed by atoms with van der Waals surface area (Å²) >= 11 is 1.67. The highest BCUT2D eigenvalue weighted by Crippen LogP contribution is 2.26. The van der Waals surface area contributed by atoms with Crippen molar-refractivity contribution >= 4 is 23.6 Å². The zero-order valence-corrected chi connectivity index (χ0v) is 16.4. The zero-order chi connectivity index (χ0) is 19.2.